The van der Waals surface area contributed by atoms with E-state index in [2.05, 4.69) is 13.2 Å². The van der Waals surface area contributed by atoms with Gasteiger partial charge in [0.15, 0.2) is 0 Å². The summed E-state index contributed by atoms with van der Waals surface area (Å²) < 4.78 is 0. The van der Waals surface area contributed by atoms with Crippen LogP contribution in [0.3, 0.4) is 0 Å². The lowest BCUT2D eigenvalue weighted by Gasteiger charge is -2.25. The van der Waals surface area contributed by atoms with Crippen molar-refractivity contribution in [3.63, 3.8) is 0 Å². The van der Waals surface area contributed by atoms with E-state index < -0.39 is 12.0 Å². The molecule has 3 N–H and O–H groups in total. The number of carbonyl (C=O) groups is 2. The lowest BCUT2D eigenvalue weighted by atomic mass is 10.4. The standard InChI is InChI=1S/C11H18N2O.C3H7NO2/c1-3-7-12(8-4-2)11(14)13-9-5-6-10-13;1-2(4)3(5)6/h3-4H,1-2,5-10H2;2H,4H2,1H3,(H,5,6)/t;2-/m.0/s1. The zero-order chi connectivity index (χ0) is 15.5. The molecule has 114 valence electrons. The lowest BCUT2D eigenvalue weighted by Crippen LogP contribution is -2.41. The van der Waals surface area contributed by atoms with E-state index in [1.165, 1.54) is 6.92 Å². The molecule has 0 aromatic rings. The normalized spacial score (nSPS) is 14.8. The minimum atomic E-state index is -0.963. The van der Waals surface area contributed by atoms with Gasteiger partial charge >= 0.3 is 12.0 Å². The number of nitrogens with two attached hydrogens (primary N) is 1. The second-order valence-electron chi connectivity index (χ2n) is 4.59. The number of aliphatic carboxylic acids is 1. The number of nitrogens with zero attached hydrogens (tertiary/aromatic N) is 2. The molecule has 2 amide bonds. The molecule has 1 aliphatic rings. The van der Waals surface area contributed by atoms with Crippen LogP contribution in [0.2, 0.25) is 0 Å². The van der Waals surface area contributed by atoms with Crippen LogP contribution in [-0.2, 0) is 4.79 Å². The minimum Gasteiger partial charge on any atom is -0.480 e. The van der Waals surface area contributed by atoms with E-state index in [4.69, 9.17) is 10.8 Å². The number of carboxylic acids is 1. The van der Waals surface area contributed by atoms with Crippen LogP contribution in [0.1, 0.15) is 19.8 Å². The van der Waals surface area contributed by atoms with Crippen LogP contribution in [-0.4, -0.2) is 59.1 Å². The Morgan fingerprint density at radius 3 is 2.00 bits per heavy atom. The van der Waals surface area contributed by atoms with E-state index in [1.54, 1.807) is 17.1 Å². The highest BCUT2D eigenvalue weighted by molar-refractivity contribution is 5.75. The Bertz CT molecular complexity index is 327. The summed E-state index contributed by atoms with van der Waals surface area (Å²) in [5.41, 5.74) is 4.84. The summed E-state index contributed by atoms with van der Waals surface area (Å²) in [6.45, 7) is 11.7. The van der Waals surface area contributed by atoms with Gasteiger partial charge in [-0.15, -0.1) is 13.2 Å². The third-order valence-electron chi connectivity index (χ3n) is 2.74. The van der Waals surface area contributed by atoms with Crippen LogP contribution < -0.4 is 5.73 Å². The monoisotopic (exact) mass is 283 g/mol. The summed E-state index contributed by atoms with van der Waals surface area (Å²) in [6, 6.07) is -0.618. The number of amides is 2. The van der Waals surface area contributed by atoms with Crippen molar-refractivity contribution in [1.82, 2.24) is 9.80 Å². The Morgan fingerprint density at radius 2 is 1.70 bits per heavy atom. The van der Waals surface area contributed by atoms with Gasteiger partial charge in [0.25, 0.3) is 0 Å². The Balaban J connectivity index is 0.000000511. The van der Waals surface area contributed by atoms with Gasteiger partial charge in [0.1, 0.15) is 6.04 Å². The molecule has 1 heterocycles. The van der Waals surface area contributed by atoms with Crippen molar-refractivity contribution in [1.29, 1.82) is 0 Å². The van der Waals surface area contributed by atoms with E-state index in [0.717, 1.165) is 25.9 Å². The Labute approximate surface area is 120 Å². The third-order valence-corrected chi connectivity index (χ3v) is 2.74. The lowest BCUT2D eigenvalue weighted by molar-refractivity contribution is -0.138. The van der Waals surface area contributed by atoms with Crippen molar-refractivity contribution in [3.05, 3.63) is 25.3 Å². The number of urea groups is 1. The largest absolute Gasteiger partial charge is 0.480 e. The highest BCUT2D eigenvalue weighted by Gasteiger charge is 2.21. The fourth-order valence-electron chi connectivity index (χ4n) is 1.65. The van der Waals surface area contributed by atoms with Gasteiger partial charge in [0, 0.05) is 26.2 Å². The van der Waals surface area contributed by atoms with E-state index in [-0.39, 0.29) is 6.03 Å². The number of carboxylic acid groups (broad SMARTS) is 1. The molecule has 0 spiro atoms. The fraction of sp³-hybridized carbons (Fsp3) is 0.571. The molecular weight excluding hydrogens is 258 g/mol. The SMILES string of the molecule is C=CCN(CC=C)C(=O)N1CCCC1.C[C@H](N)C(=O)O. The quantitative estimate of drug-likeness (QED) is 0.744. The maximum Gasteiger partial charge on any atom is 0.320 e. The van der Waals surface area contributed by atoms with Crippen LogP contribution in [0.4, 0.5) is 4.79 Å². The molecule has 6 nitrogen and oxygen atoms in total. The zero-order valence-electron chi connectivity index (χ0n) is 12.1. The summed E-state index contributed by atoms with van der Waals surface area (Å²) >= 11 is 0. The highest BCUT2D eigenvalue weighted by Crippen LogP contribution is 2.10. The molecule has 1 atom stereocenters. The third kappa shape index (κ3) is 6.94. The van der Waals surface area contributed by atoms with Crippen molar-refractivity contribution in [2.24, 2.45) is 5.73 Å². The van der Waals surface area contributed by atoms with E-state index >= 15 is 0 Å². The van der Waals surface area contributed by atoms with Gasteiger partial charge < -0.3 is 20.6 Å². The predicted octanol–water partition coefficient (Wildman–Crippen LogP) is 1.29. The van der Waals surface area contributed by atoms with E-state index in [1.807, 2.05) is 4.90 Å². The van der Waals surface area contributed by atoms with Crippen molar-refractivity contribution in [2.45, 2.75) is 25.8 Å². The highest BCUT2D eigenvalue weighted by atomic mass is 16.4. The maximum absolute atomic E-state index is 11.9. The topological polar surface area (TPSA) is 86.9 Å². The molecular formula is C14H25N3O3. The smallest absolute Gasteiger partial charge is 0.320 e. The van der Waals surface area contributed by atoms with Crippen molar-refractivity contribution < 1.29 is 14.7 Å². The Morgan fingerprint density at radius 1 is 1.30 bits per heavy atom. The first-order valence-electron chi connectivity index (χ1n) is 6.68. The molecule has 20 heavy (non-hydrogen) atoms. The van der Waals surface area contributed by atoms with Crippen molar-refractivity contribution in [2.75, 3.05) is 26.2 Å². The van der Waals surface area contributed by atoms with Crippen LogP contribution in [0.25, 0.3) is 0 Å². The fourth-order valence-corrected chi connectivity index (χ4v) is 1.65. The molecule has 0 saturated carbocycles. The van der Waals surface area contributed by atoms with Crippen LogP contribution in [0, 0.1) is 0 Å². The summed E-state index contributed by atoms with van der Waals surface area (Å²) in [7, 11) is 0. The van der Waals surface area contributed by atoms with Gasteiger partial charge in [-0.25, -0.2) is 4.79 Å². The summed E-state index contributed by atoms with van der Waals surface area (Å²) in [5.74, 6) is -0.963. The molecule has 0 aromatic heterocycles. The van der Waals surface area contributed by atoms with Crippen molar-refractivity contribution >= 4 is 12.0 Å². The Hall–Kier alpha value is -1.82. The van der Waals surface area contributed by atoms with E-state index in [9.17, 15) is 9.59 Å². The zero-order valence-corrected chi connectivity index (χ0v) is 12.1. The van der Waals surface area contributed by atoms with Crippen molar-refractivity contribution in [3.8, 4) is 0 Å². The molecule has 0 bridgehead atoms. The molecule has 0 aliphatic carbocycles. The second-order valence-corrected chi connectivity index (χ2v) is 4.59. The molecule has 1 rings (SSSR count). The molecule has 1 saturated heterocycles. The molecule has 0 radical (unpaired) electrons. The van der Waals surface area contributed by atoms with Gasteiger partial charge in [0.05, 0.1) is 0 Å². The summed E-state index contributed by atoms with van der Waals surface area (Å²) in [5, 5.41) is 7.87. The average molecular weight is 283 g/mol. The first-order valence-corrected chi connectivity index (χ1v) is 6.68. The molecule has 6 heteroatoms. The minimum absolute atomic E-state index is 0.113. The number of hydrogen-bond donors (Lipinski definition) is 2. The summed E-state index contributed by atoms with van der Waals surface area (Å²) in [4.78, 5) is 25.1. The van der Waals surface area contributed by atoms with Crippen LogP contribution in [0.5, 0.6) is 0 Å². The van der Waals surface area contributed by atoms with Crippen LogP contribution >= 0.6 is 0 Å². The van der Waals surface area contributed by atoms with Gasteiger partial charge in [-0.2, -0.15) is 0 Å². The van der Waals surface area contributed by atoms with Crippen LogP contribution in [0.15, 0.2) is 25.3 Å². The van der Waals surface area contributed by atoms with E-state index in [0.29, 0.717) is 13.1 Å². The average Bonchev–Trinajstić information content (AvgIpc) is 2.92. The summed E-state index contributed by atoms with van der Waals surface area (Å²) in [6.07, 6.45) is 5.75. The number of likely N-dealkylation sites (tertiary alicyclic amines) is 1. The first-order chi connectivity index (χ1) is 9.43. The predicted molar refractivity (Wildman–Crippen MR) is 79.5 cm³/mol. The van der Waals surface area contributed by atoms with Gasteiger partial charge in [-0.05, 0) is 19.8 Å². The van der Waals surface area contributed by atoms with Gasteiger partial charge in [-0.3, -0.25) is 4.79 Å². The van der Waals surface area contributed by atoms with Gasteiger partial charge in [-0.1, -0.05) is 12.2 Å². The molecule has 1 fully saturated rings. The Kier molecular flexibility index (Phi) is 9.11. The number of carbonyl (C=O) groups excluding carboxylic acids is 1. The second kappa shape index (κ2) is 10.0. The molecule has 0 aromatic carbocycles. The first kappa shape index (κ1) is 18.2. The molecule has 1 aliphatic heterocycles. The van der Waals surface area contributed by atoms with Gasteiger partial charge in [0.2, 0.25) is 0 Å². The maximum atomic E-state index is 11.9. The number of rotatable bonds is 5. The number of hydrogen-bond acceptors (Lipinski definition) is 3. The molecule has 0 unspecified atom stereocenters.